The van der Waals surface area contributed by atoms with Gasteiger partial charge in [0.25, 0.3) is 0 Å². The zero-order chi connectivity index (χ0) is 13.7. The molecule has 106 valence electrons. The average Bonchev–Trinajstić information content (AvgIpc) is 2.42. The van der Waals surface area contributed by atoms with Gasteiger partial charge in [-0.05, 0) is 13.5 Å². The average molecular weight is 282 g/mol. The van der Waals surface area contributed by atoms with Crippen molar-refractivity contribution in [3.8, 4) is 5.88 Å². The van der Waals surface area contributed by atoms with E-state index in [-0.39, 0.29) is 0 Å². The second kappa shape index (κ2) is 6.96. The van der Waals surface area contributed by atoms with Crippen LogP contribution in [-0.4, -0.2) is 54.7 Å². The molecule has 1 fully saturated rings. The summed E-state index contributed by atoms with van der Waals surface area (Å²) in [4.78, 5) is 14.1. The smallest absolute Gasteiger partial charge is 0.232 e. The molecule has 5 nitrogen and oxygen atoms in total. The van der Waals surface area contributed by atoms with Crippen molar-refractivity contribution in [2.75, 3.05) is 44.7 Å². The third-order valence-electron chi connectivity index (χ3n) is 3.25. The fourth-order valence-corrected chi connectivity index (χ4v) is 2.10. The highest BCUT2D eigenvalue weighted by Crippen LogP contribution is 2.22. The molecule has 0 saturated carbocycles. The number of rotatable bonds is 5. The van der Waals surface area contributed by atoms with E-state index in [1.807, 2.05) is 0 Å². The molecular formula is C13H22N4OS. The first-order valence-corrected chi connectivity index (χ1v) is 7.27. The molecular weight excluding hydrogens is 260 g/mol. The van der Waals surface area contributed by atoms with E-state index < -0.39 is 0 Å². The maximum absolute atomic E-state index is 5.67. The number of unbranched alkanes of at least 4 members (excludes halogenated alkanes) is 1. The lowest BCUT2D eigenvalue weighted by Crippen LogP contribution is -2.45. The first-order chi connectivity index (χ1) is 9.20. The summed E-state index contributed by atoms with van der Waals surface area (Å²) in [5.74, 6) is 1.35. The zero-order valence-electron chi connectivity index (χ0n) is 11.7. The zero-order valence-corrected chi connectivity index (χ0v) is 12.6. The van der Waals surface area contributed by atoms with E-state index in [0.717, 1.165) is 45.0 Å². The molecule has 6 heteroatoms. The molecule has 0 aliphatic carbocycles. The minimum atomic E-state index is 0.598. The van der Waals surface area contributed by atoms with Crippen molar-refractivity contribution >= 4 is 18.6 Å². The van der Waals surface area contributed by atoms with Crippen LogP contribution in [0.5, 0.6) is 5.88 Å². The van der Waals surface area contributed by atoms with Gasteiger partial charge in [0.15, 0.2) is 0 Å². The predicted octanol–water partition coefficient (Wildman–Crippen LogP) is 1.70. The molecule has 0 radical (unpaired) electrons. The normalized spacial score (nSPS) is 16.7. The summed E-state index contributed by atoms with van der Waals surface area (Å²) in [6.45, 7) is 6.81. The van der Waals surface area contributed by atoms with Gasteiger partial charge >= 0.3 is 0 Å². The Morgan fingerprint density at radius 1 is 1.32 bits per heavy atom. The third kappa shape index (κ3) is 3.98. The van der Waals surface area contributed by atoms with Crippen LogP contribution in [0.25, 0.3) is 0 Å². The number of thiol groups is 1. The molecule has 0 aromatic carbocycles. The highest BCUT2D eigenvalue weighted by molar-refractivity contribution is 7.80. The molecule has 0 N–H and O–H groups in total. The van der Waals surface area contributed by atoms with Crippen LogP contribution in [0.1, 0.15) is 19.8 Å². The van der Waals surface area contributed by atoms with Gasteiger partial charge in [0, 0.05) is 32.4 Å². The number of piperazine rings is 1. The van der Waals surface area contributed by atoms with E-state index >= 15 is 0 Å². The number of anilines is 1. The van der Waals surface area contributed by atoms with E-state index in [9.17, 15) is 0 Å². The van der Waals surface area contributed by atoms with Crippen molar-refractivity contribution in [2.45, 2.75) is 24.7 Å². The standard InChI is InChI=1S/C13H22N4OS/c1-3-4-9-18-12-11(19)10-14-13(15-12)17-7-5-16(2)6-8-17/h10,19H,3-9H2,1-2H3. The summed E-state index contributed by atoms with van der Waals surface area (Å²) in [6.07, 6.45) is 3.87. The molecule has 0 spiro atoms. The van der Waals surface area contributed by atoms with Crippen molar-refractivity contribution in [3.05, 3.63) is 6.20 Å². The quantitative estimate of drug-likeness (QED) is 0.657. The number of hydrogen-bond donors (Lipinski definition) is 1. The van der Waals surface area contributed by atoms with Crippen LogP contribution >= 0.6 is 12.6 Å². The molecule has 2 heterocycles. The molecule has 1 aromatic heterocycles. The molecule has 19 heavy (non-hydrogen) atoms. The number of ether oxygens (including phenoxy) is 1. The van der Waals surface area contributed by atoms with E-state index in [0.29, 0.717) is 17.4 Å². The number of likely N-dealkylation sites (N-methyl/N-ethyl adjacent to an activating group) is 1. The summed E-state index contributed by atoms with van der Waals surface area (Å²) < 4.78 is 5.67. The molecule has 1 aromatic rings. The fraction of sp³-hybridized carbons (Fsp3) is 0.692. The lowest BCUT2D eigenvalue weighted by molar-refractivity contribution is 0.287. The van der Waals surface area contributed by atoms with E-state index in [4.69, 9.17) is 4.74 Å². The van der Waals surface area contributed by atoms with Crippen molar-refractivity contribution < 1.29 is 4.74 Å². The largest absolute Gasteiger partial charge is 0.477 e. The molecule has 1 aliphatic heterocycles. The maximum Gasteiger partial charge on any atom is 0.232 e. The van der Waals surface area contributed by atoms with Crippen LogP contribution < -0.4 is 9.64 Å². The van der Waals surface area contributed by atoms with Crippen LogP contribution in [0.4, 0.5) is 5.95 Å². The van der Waals surface area contributed by atoms with Gasteiger partial charge in [0.05, 0.1) is 11.5 Å². The van der Waals surface area contributed by atoms with Gasteiger partial charge in [-0.25, -0.2) is 4.98 Å². The van der Waals surface area contributed by atoms with Crippen LogP contribution in [-0.2, 0) is 0 Å². The number of hydrogen-bond acceptors (Lipinski definition) is 6. The SMILES string of the molecule is CCCCOc1nc(N2CCN(C)CC2)ncc1S. The molecule has 2 rings (SSSR count). The Hall–Kier alpha value is -1.01. The van der Waals surface area contributed by atoms with Crippen LogP contribution in [0.2, 0.25) is 0 Å². The molecule has 0 unspecified atom stereocenters. The van der Waals surface area contributed by atoms with E-state index in [1.54, 1.807) is 6.20 Å². The fourth-order valence-electron chi connectivity index (χ4n) is 1.93. The van der Waals surface area contributed by atoms with Gasteiger partial charge in [0.1, 0.15) is 0 Å². The van der Waals surface area contributed by atoms with E-state index in [1.165, 1.54) is 0 Å². The Kier molecular flexibility index (Phi) is 5.27. The molecule has 1 saturated heterocycles. The second-order valence-corrected chi connectivity index (χ2v) is 5.33. The van der Waals surface area contributed by atoms with Gasteiger partial charge in [-0.3, -0.25) is 0 Å². The summed E-state index contributed by atoms with van der Waals surface area (Å²) in [7, 11) is 2.13. The van der Waals surface area contributed by atoms with Crippen LogP contribution in [0, 0.1) is 0 Å². The molecule has 0 bridgehead atoms. The minimum absolute atomic E-state index is 0.598. The Labute approximate surface area is 120 Å². The van der Waals surface area contributed by atoms with Crippen LogP contribution in [0.15, 0.2) is 11.1 Å². The molecule has 1 aliphatic rings. The molecule has 0 amide bonds. The topological polar surface area (TPSA) is 41.5 Å². The Balaban J connectivity index is 2.03. The highest BCUT2D eigenvalue weighted by atomic mass is 32.1. The van der Waals surface area contributed by atoms with Gasteiger partial charge < -0.3 is 14.5 Å². The van der Waals surface area contributed by atoms with Crippen molar-refractivity contribution in [1.29, 1.82) is 0 Å². The third-order valence-corrected chi connectivity index (χ3v) is 3.55. The van der Waals surface area contributed by atoms with Gasteiger partial charge in [0.2, 0.25) is 11.8 Å². The lowest BCUT2D eigenvalue weighted by atomic mass is 10.3. The second-order valence-electron chi connectivity index (χ2n) is 4.85. The van der Waals surface area contributed by atoms with Gasteiger partial charge in [-0.2, -0.15) is 4.98 Å². The highest BCUT2D eigenvalue weighted by Gasteiger charge is 2.17. The molecule has 0 atom stereocenters. The lowest BCUT2D eigenvalue weighted by Gasteiger charge is -2.32. The first-order valence-electron chi connectivity index (χ1n) is 6.83. The summed E-state index contributed by atoms with van der Waals surface area (Å²) in [5, 5.41) is 0. The Bertz CT molecular complexity index is 408. The minimum Gasteiger partial charge on any atom is -0.477 e. The number of nitrogens with zero attached hydrogens (tertiary/aromatic N) is 4. The monoisotopic (exact) mass is 282 g/mol. The van der Waals surface area contributed by atoms with Crippen molar-refractivity contribution in [2.24, 2.45) is 0 Å². The van der Waals surface area contributed by atoms with Crippen molar-refractivity contribution in [3.63, 3.8) is 0 Å². The number of aromatic nitrogens is 2. The van der Waals surface area contributed by atoms with Gasteiger partial charge in [-0.1, -0.05) is 13.3 Å². The van der Waals surface area contributed by atoms with Gasteiger partial charge in [-0.15, -0.1) is 12.6 Å². The Morgan fingerprint density at radius 2 is 2.05 bits per heavy atom. The predicted molar refractivity (Wildman–Crippen MR) is 79.4 cm³/mol. The summed E-state index contributed by atoms with van der Waals surface area (Å²) >= 11 is 4.35. The van der Waals surface area contributed by atoms with Crippen molar-refractivity contribution in [1.82, 2.24) is 14.9 Å². The van der Waals surface area contributed by atoms with E-state index in [2.05, 4.69) is 46.4 Å². The first kappa shape index (κ1) is 14.4. The van der Waals surface area contributed by atoms with Crippen LogP contribution in [0.3, 0.4) is 0 Å². The summed E-state index contributed by atoms with van der Waals surface area (Å²) in [5.41, 5.74) is 0. The maximum atomic E-state index is 5.67. The Morgan fingerprint density at radius 3 is 2.74 bits per heavy atom. The summed E-state index contributed by atoms with van der Waals surface area (Å²) in [6, 6.07) is 0.